The van der Waals surface area contributed by atoms with E-state index in [0.717, 1.165) is 6.07 Å². The highest BCUT2D eigenvalue weighted by atomic mass is 19.1. The molecule has 0 unspecified atom stereocenters. The molecule has 2 rings (SSSR count). The third kappa shape index (κ3) is 3.17. The van der Waals surface area contributed by atoms with Crippen molar-refractivity contribution in [3.8, 4) is 5.75 Å². The normalized spacial score (nSPS) is 10.0. The fourth-order valence-corrected chi connectivity index (χ4v) is 1.74. The van der Waals surface area contributed by atoms with Gasteiger partial charge in [-0.2, -0.15) is 0 Å². The molecule has 0 fully saturated rings. The number of halogens is 1. The molecular weight excluding hydrogens is 277 g/mol. The number of esters is 1. The van der Waals surface area contributed by atoms with Gasteiger partial charge in [0.25, 0.3) is 5.91 Å². The lowest BCUT2D eigenvalue weighted by atomic mass is 10.1. The van der Waals surface area contributed by atoms with Crippen LogP contribution in [0.4, 0.5) is 10.1 Å². The zero-order chi connectivity index (χ0) is 15.4. The fourth-order valence-electron chi connectivity index (χ4n) is 1.74. The minimum Gasteiger partial charge on any atom is -0.507 e. The number of hydrogen-bond donors (Lipinski definition) is 2. The van der Waals surface area contributed by atoms with Crippen molar-refractivity contribution in [2.24, 2.45) is 0 Å². The van der Waals surface area contributed by atoms with Crippen molar-refractivity contribution in [2.45, 2.75) is 0 Å². The minimum absolute atomic E-state index is 0.323. The summed E-state index contributed by atoms with van der Waals surface area (Å²) in [6.07, 6.45) is 0. The molecule has 6 heteroatoms. The zero-order valence-electron chi connectivity index (χ0n) is 11.1. The number of carbonyl (C=O) groups excluding carboxylic acids is 2. The van der Waals surface area contributed by atoms with Crippen LogP contribution in [0.3, 0.4) is 0 Å². The largest absolute Gasteiger partial charge is 0.507 e. The number of amides is 1. The molecule has 2 aromatic rings. The summed E-state index contributed by atoms with van der Waals surface area (Å²) in [5.74, 6) is -2.55. The molecule has 5 nitrogen and oxygen atoms in total. The van der Waals surface area contributed by atoms with E-state index in [1.807, 2.05) is 0 Å². The molecule has 0 aliphatic rings. The van der Waals surface area contributed by atoms with Gasteiger partial charge in [-0.1, -0.05) is 6.07 Å². The maximum absolute atomic E-state index is 13.5. The summed E-state index contributed by atoms with van der Waals surface area (Å²) in [6, 6.07) is 9.47. The molecule has 108 valence electrons. The molecule has 0 bridgehead atoms. The van der Waals surface area contributed by atoms with Gasteiger partial charge < -0.3 is 15.2 Å². The monoisotopic (exact) mass is 289 g/mol. The van der Waals surface area contributed by atoms with Crippen LogP contribution in [0.2, 0.25) is 0 Å². The van der Waals surface area contributed by atoms with Crippen LogP contribution >= 0.6 is 0 Å². The molecule has 2 aromatic carbocycles. The first kappa shape index (κ1) is 14.5. The number of nitrogens with one attached hydrogen (secondary N) is 1. The Morgan fingerprint density at radius 3 is 2.38 bits per heavy atom. The lowest BCUT2D eigenvalue weighted by Crippen LogP contribution is -2.14. The molecule has 1 amide bonds. The van der Waals surface area contributed by atoms with E-state index in [0.29, 0.717) is 11.3 Å². The maximum atomic E-state index is 13.5. The Balaban J connectivity index is 2.18. The van der Waals surface area contributed by atoms with Crippen molar-refractivity contribution in [2.75, 3.05) is 12.4 Å². The third-order valence-corrected chi connectivity index (χ3v) is 2.78. The summed E-state index contributed by atoms with van der Waals surface area (Å²) in [6.45, 7) is 0. The van der Waals surface area contributed by atoms with Gasteiger partial charge in [0.2, 0.25) is 0 Å². The fraction of sp³-hybridized carbons (Fsp3) is 0.0667. The Kier molecular flexibility index (Phi) is 4.18. The first-order chi connectivity index (χ1) is 10.0. The van der Waals surface area contributed by atoms with Crippen LogP contribution in [0.15, 0.2) is 42.5 Å². The summed E-state index contributed by atoms with van der Waals surface area (Å²) in [5.41, 5.74) is 0.245. The molecule has 0 heterocycles. The van der Waals surface area contributed by atoms with Crippen molar-refractivity contribution >= 4 is 17.6 Å². The molecule has 0 saturated carbocycles. The Morgan fingerprint density at radius 2 is 1.81 bits per heavy atom. The van der Waals surface area contributed by atoms with Crippen LogP contribution in [-0.4, -0.2) is 24.1 Å². The second-order valence-corrected chi connectivity index (χ2v) is 4.16. The quantitative estimate of drug-likeness (QED) is 0.851. The Bertz CT molecular complexity index is 662. The van der Waals surface area contributed by atoms with Crippen molar-refractivity contribution in [3.05, 3.63) is 59.4 Å². The van der Waals surface area contributed by atoms with Crippen molar-refractivity contribution < 1.29 is 23.8 Å². The van der Waals surface area contributed by atoms with Crippen LogP contribution in [0.5, 0.6) is 5.75 Å². The van der Waals surface area contributed by atoms with E-state index in [9.17, 15) is 19.1 Å². The Hall–Kier alpha value is -2.89. The lowest BCUT2D eigenvalue weighted by molar-refractivity contribution is 0.0600. The van der Waals surface area contributed by atoms with Gasteiger partial charge in [-0.25, -0.2) is 9.18 Å². The second kappa shape index (κ2) is 6.04. The van der Waals surface area contributed by atoms with E-state index in [2.05, 4.69) is 10.1 Å². The van der Waals surface area contributed by atoms with Crippen LogP contribution in [0, 0.1) is 5.82 Å². The first-order valence-electron chi connectivity index (χ1n) is 6.00. The number of ether oxygens (including phenoxy) is 1. The average molecular weight is 289 g/mol. The minimum atomic E-state index is -0.821. The molecule has 0 aliphatic carbocycles. The summed E-state index contributed by atoms with van der Waals surface area (Å²) < 4.78 is 18.1. The number of phenols is 1. The maximum Gasteiger partial charge on any atom is 0.337 e. The zero-order valence-corrected chi connectivity index (χ0v) is 11.1. The van der Waals surface area contributed by atoms with Gasteiger partial charge in [0.15, 0.2) is 0 Å². The molecule has 0 saturated heterocycles. The van der Waals surface area contributed by atoms with Gasteiger partial charge in [0.1, 0.15) is 17.1 Å². The SMILES string of the molecule is COC(=O)c1ccc(NC(=O)c2c(O)cccc2F)cc1. The summed E-state index contributed by atoms with van der Waals surface area (Å²) >= 11 is 0. The predicted molar refractivity (Wildman–Crippen MR) is 73.8 cm³/mol. The standard InChI is InChI=1S/C15H12FNO4/c1-21-15(20)9-5-7-10(8-6-9)17-14(19)13-11(16)3-2-4-12(13)18/h2-8,18H,1H3,(H,17,19). The molecule has 21 heavy (non-hydrogen) atoms. The number of rotatable bonds is 3. The highest BCUT2D eigenvalue weighted by Crippen LogP contribution is 2.21. The van der Waals surface area contributed by atoms with Crippen LogP contribution < -0.4 is 5.32 Å². The van der Waals surface area contributed by atoms with Crippen LogP contribution in [0.1, 0.15) is 20.7 Å². The van der Waals surface area contributed by atoms with Crippen LogP contribution in [0.25, 0.3) is 0 Å². The summed E-state index contributed by atoms with van der Waals surface area (Å²) in [4.78, 5) is 23.2. The van der Waals surface area contributed by atoms with Crippen LogP contribution in [-0.2, 0) is 4.74 Å². The number of phenolic OH excluding ortho intramolecular Hbond substituents is 1. The topological polar surface area (TPSA) is 75.6 Å². The van der Waals surface area contributed by atoms with Crippen molar-refractivity contribution in [3.63, 3.8) is 0 Å². The van der Waals surface area contributed by atoms with E-state index in [4.69, 9.17) is 0 Å². The summed E-state index contributed by atoms with van der Waals surface area (Å²) in [7, 11) is 1.26. The lowest BCUT2D eigenvalue weighted by Gasteiger charge is -2.08. The second-order valence-electron chi connectivity index (χ2n) is 4.16. The number of benzene rings is 2. The third-order valence-electron chi connectivity index (χ3n) is 2.78. The Morgan fingerprint density at radius 1 is 1.14 bits per heavy atom. The molecule has 2 N–H and O–H groups in total. The predicted octanol–water partition coefficient (Wildman–Crippen LogP) is 2.57. The van der Waals surface area contributed by atoms with Crippen molar-refractivity contribution in [1.29, 1.82) is 0 Å². The van der Waals surface area contributed by atoms with Gasteiger partial charge >= 0.3 is 5.97 Å². The van der Waals surface area contributed by atoms with E-state index in [-0.39, 0.29) is 0 Å². The number of carbonyl (C=O) groups is 2. The average Bonchev–Trinajstić information content (AvgIpc) is 2.47. The van der Waals surface area contributed by atoms with E-state index in [1.54, 1.807) is 0 Å². The highest BCUT2D eigenvalue weighted by Gasteiger charge is 2.16. The van der Waals surface area contributed by atoms with Gasteiger partial charge in [0, 0.05) is 5.69 Å². The van der Waals surface area contributed by atoms with Gasteiger partial charge in [-0.15, -0.1) is 0 Å². The molecule has 0 atom stereocenters. The smallest absolute Gasteiger partial charge is 0.337 e. The van der Waals surface area contributed by atoms with E-state index >= 15 is 0 Å². The molecular formula is C15H12FNO4. The molecule has 0 aromatic heterocycles. The summed E-state index contributed by atoms with van der Waals surface area (Å²) in [5, 5.41) is 12.0. The number of methoxy groups -OCH3 is 1. The van der Waals surface area contributed by atoms with E-state index in [1.165, 1.54) is 43.5 Å². The molecule has 0 radical (unpaired) electrons. The Labute approximate surface area is 120 Å². The van der Waals surface area contributed by atoms with Gasteiger partial charge in [0.05, 0.1) is 12.7 Å². The van der Waals surface area contributed by atoms with Gasteiger partial charge in [-0.05, 0) is 36.4 Å². The molecule has 0 spiro atoms. The number of anilines is 1. The highest BCUT2D eigenvalue weighted by molar-refractivity contribution is 6.06. The van der Waals surface area contributed by atoms with Crippen molar-refractivity contribution in [1.82, 2.24) is 0 Å². The van der Waals surface area contributed by atoms with Gasteiger partial charge in [-0.3, -0.25) is 4.79 Å². The number of aromatic hydroxyl groups is 1. The van der Waals surface area contributed by atoms with E-state index < -0.39 is 29.0 Å². The molecule has 0 aliphatic heterocycles. The first-order valence-corrected chi connectivity index (χ1v) is 6.00. The number of hydrogen-bond acceptors (Lipinski definition) is 4.